The molecule has 118 valence electrons. The van der Waals surface area contributed by atoms with Crippen molar-refractivity contribution in [3.05, 3.63) is 0 Å². The van der Waals surface area contributed by atoms with E-state index in [9.17, 15) is 8.42 Å². The molecule has 0 atom stereocenters. The van der Waals surface area contributed by atoms with E-state index in [0.717, 1.165) is 0 Å². The molecule has 0 unspecified atom stereocenters. The van der Waals surface area contributed by atoms with Gasteiger partial charge in [-0.05, 0) is 19.3 Å². The van der Waals surface area contributed by atoms with Gasteiger partial charge in [0.15, 0.2) is 0 Å². The average molecular weight is 313 g/mol. The molecule has 0 aromatic heterocycles. The Bertz CT molecular complexity index is 259. The molecule has 19 heavy (non-hydrogen) atoms. The predicted octanol–water partition coefficient (Wildman–Crippen LogP) is 4.54. The van der Waals surface area contributed by atoms with Crippen LogP contribution in [0.5, 0.6) is 0 Å². The Morgan fingerprint density at radius 3 is 1.21 bits per heavy atom. The van der Waals surface area contributed by atoms with Gasteiger partial charge in [-0.2, -0.15) is 8.42 Å². The summed E-state index contributed by atoms with van der Waals surface area (Å²) in [5.74, 6) is 0. The van der Waals surface area contributed by atoms with Crippen LogP contribution in [0.2, 0.25) is 0 Å². The minimum Gasteiger partial charge on any atom is -0.286 e. The van der Waals surface area contributed by atoms with Crippen molar-refractivity contribution in [1.82, 2.24) is 0 Å². The fourth-order valence-electron chi connectivity index (χ4n) is 1.95. The molecule has 0 heterocycles. The van der Waals surface area contributed by atoms with E-state index in [1.807, 2.05) is 0 Å². The van der Waals surface area contributed by atoms with Crippen LogP contribution in [0.4, 0.5) is 0 Å². The van der Waals surface area contributed by atoms with Crippen molar-refractivity contribution in [2.75, 3.05) is 31.4 Å². The third kappa shape index (κ3) is 20.8. The van der Waals surface area contributed by atoms with Gasteiger partial charge in [-0.25, -0.2) is 0 Å². The summed E-state index contributed by atoms with van der Waals surface area (Å²) < 4.78 is 25.9. The summed E-state index contributed by atoms with van der Waals surface area (Å²) in [6.07, 6.45) is 14.0. The summed E-state index contributed by atoms with van der Waals surface area (Å²) in [4.78, 5) is 0. The molecule has 0 radical (unpaired) electrons. The number of hydrogen-bond acceptors (Lipinski definition) is 2. The standard InChI is InChI=1S/C13H30P.CH4O3S/c1-5-8-11-14(4,12-9-6-2)13-10-7-3;1-5(2,3)4/h5-13H2,1-4H3;1H3,(H,2,3,4)/q+1;. The van der Waals surface area contributed by atoms with Crippen LogP contribution in [0, 0.1) is 0 Å². The van der Waals surface area contributed by atoms with Gasteiger partial charge >= 0.3 is 0 Å². The molecule has 0 aromatic carbocycles. The van der Waals surface area contributed by atoms with Gasteiger partial charge in [0, 0.05) is 13.9 Å². The van der Waals surface area contributed by atoms with Gasteiger partial charge in [0.1, 0.15) is 0 Å². The van der Waals surface area contributed by atoms with Crippen molar-refractivity contribution in [1.29, 1.82) is 0 Å². The van der Waals surface area contributed by atoms with E-state index in [-0.39, 0.29) is 0 Å². The highest BCUT2D eigenvalue weighted by molar-refractivity contribution is 7.85. The topological polar surface area (TPSA) is 54.4 Å². The van der Waals surface area contributed by atoms with Gasteiger partial charge in [0.05, 0.1) is 24.7 Å². The molecule has 1 N–H and O–H groups in total. The first-order chi connectivity index (χ1) is 8.68. The first-order valence-corrected chi connectivity index (χ1v) is 12.1. The Morgan fingerprint density at radius 2 is 1.05 bits per heavy atom. The second-order valence-corrected chi connectivity index (χ2v) is 11.6. The Hall–Kier alpha value is 0.340. The maximum atomic E-state index is 9.19. The van der Waals surface area contributed by atoms with Crippen LogP contribution in [0.3, 0.4) is 0 Å². The van der Waals surface area contributed by atoms with E-state index in [2.05, 4.69) is 27.4 Å². The molecule has 3 nitrogen and oxygen atoms in total. The molecule has 0 aliphatic carbocycles. The van der Waals surface area contributed by atoms with Crippen LogP contribution in [-0.2, 0) is 10.1 Å². The lowest BCUT2D eigenvalue weighted by atomic mass is 10.4. The Kier molecular flexibility index (Phi) is 13.8. The largest absolute Gasteiger partial charge is 0.286 e. The highest BCUT2D eigenvalue weighted by atomic mass is 32.2. The third-order valence-corrected chi connectivity index (χ3v) is 7.34. The second-order valence-electron chi connectivity index (χ2n) is 5.58. The maximum absolute atomic E-state index is 9.19. The Labute approximate surface area is 121 Å². The van der Waals surface area contributed by atoms with Gasteiger partial charge in [-0.3, -0.25) is 4.55 Å². The van der Waals surface area contributed by atoms with Crippen molar-refractivity contribution in [2.45, 2.75) is 59.3 Å². The van der Waals surface area contributed by atoms with Crippen LogP contribution in [0.1, 0.15) is 59.3 Å². The molecule has 0 aliphatic rings. The molecule has 0 saturated heterocycles. The number of hydrogen-bond donors (Lipinski definition) is 1. The van der Waals surface area contributed by atoms with Crippen molar-refractivity contribution in [3.8, 4) is 0 Å². The molecule has 5 heteroatoms. The highest BCUT2D eigenvalue weighted by Gasteiger charge is 2.28. The van der Waals surface area contributed by atoms with Crippen LogP contribution in [0.15, 0.2) is 0 Å². The lowest BCUT2D eigenvalue weighted by Gasteiger charge is -2.22. The summed E-state index contributed by atoms with van der Waals surface area (Å²) in [6.45, 7) is 9.59. The van der Waals surface area contributed by atoms with Crippen molar-refractivity contribution < 1.29 is 13.0 Å². The molecular weight excluding hydrogens is 279 g/mol. The van der Waals surface area contributed by atoms with Crippen molar-refractivity contribution in [3.63, 3.8) is 0 Å². The molecule has 0 bridgehead atoms. The molecule has 0 aromatic rings. The SMILES string of the molecule is CCCC[P+](C)(CCCC)CCCC.CS(=O)(=O)O. The van der Waals surface area contributed by atoms with Gasteiger partial charge < -0.3 is 0 Å². The highest BCUT2D eigenvalue weighted by Crippen LogP contribution is 2.57. The summed E-state index contributed by atoms with van der Waals surface area (Å²) in [5.41, 5.74) is 0. The fourth-order valence-corrected chi connectivity index (χ4v) is 5.86. The van der Waals surface area contributed by atoms with Gasteiger partial charge in [0.25, 0.3) is 10.1 Å². The minimum atomic E-state index is -3.67. The number of rotatable bonds is 9. The quantitative estimate of drug-likeness (QED) is 0.502. The zero-order valence-electron chi connectivity index (χ0n) is 13.5. The third-order valence-electron chi connectivity index (χ3n) is 3.15. The zero-order chi connectivity index (χ0) is 15.4. The van der Waals surface area contributed by atoms with E-state index in [0.29, 0.717) is 6.26 Å². The van der Waals surface area contributed by atoms with E-state index >= 15 is 0 Å². The van der Waals surface area contributed by atoms with Gasteiger partial charge in [-0.15, -0.1) is 0 Å². The fraction of sp³-hybridized carbons (Fsp3) is 1.00. The van der Waals surface area contributed by atoms with E-state index in [1.54, 1.807) is 18.5 Å². The normalized spacial score (nSPS) is 11.9. The summed E-state index contributed by atoms with van der Waals surface area (Å²) >= 11 is 0. The zero-order valence-corrected chi connectivity index (χ0v) is 15.2. The molecule has 0 rings (SSSR count). The monoisotopic (exact) mass is 313 g/mol. The summed E-state index contributed by atoms with van der Waals surface area (Å²) in [5, 5.41) is 0. The van der Waals surface area contributed by atoms with Gasteiger partial charge in [0.2, 0.25) is 0 Å². The molecular formula is C14H34O3PS+. The van der Waals surface area contributed by atoms with Crippen LogP contribution < -0.4 is 0 Å². The second kappa shape index (κ2) is 12.1. The average Bonchev–Trinajstić information content (AvgIpc) is 2.30. The minimum absolute atomic E-state index is 0.519. The first-order valence-electron chi connectivity index (χ1n) is 7.44. The van der Waals surface area contributed by atoms with Crippen LogP contribution in [-0.4, -0.2) is 44.4 Å². The maximum Gasteiger partial charge on any atom is 0.261 e. The predicted molar refractivity (Wildman–Crippen MR) is 89.6 cm³/mol. The van der Waals surface area contributed by atoms with Crippen molar-refractivity contribution >= 4 is 17.4 Å². The van der Waals surface area contributed by atoms with E-state index < -0.39 is 17.4 Å². The van der Waals surface area contributed by atoms with E-state index in [4.69, 9.17) is 4.55 Å². The molecule has 0 saturated carbocycles. The van der Waals surface area contributed by atoms with Gasteiger partial charge in [-0.1, -0.05) is 40.0 Å². The Morgan fingerprint density at radius 1 is 0.842 bits per heavy atom. The molecule has 0 amide bonds. The Balaban J connectivity index is 0. The lowest BCUT2D eigenvalue weighted by Crippen LogP contribution is -2.07. The summed E-state index contributed by atoms with van der Waals surface area (Å²) in [7, 11) is -4.19. The van der Waals surface area contributed by atoms with Crippen molar-refractivity contribution in [2.24, 2.45) is 0 Å². The lowest BCUT2D eigenvalue weighted by molar-refractivity contribution is 0.490. The molecule has 0 fully saturated rings. The summed E-state index contributed by atoms with van der Waals surface area (Å²) in [6, 6.07) is 0. The van der Waals surface area contributed by atoms with Crippen LogP contribution in [0.25, 0.3) is 0 Å². The number of unbranched alkanes of at least 4 members (excludes halogenated alkanes) is 3. The molecule has 0 aliphatic heterocycles. The van der Waals surface area contributed by atoms with Crippen LogP contribution >= 0.6 is 7.26 Å². The molecule has 0 spiro atoms. The smallest absolute Gasteiger partial charge is 0.261 e. The van der Waals surface area contributed by atoms with E-state index in [1.165, 1.54) is 38.5 Å². The first kappa shape index (κ1) is 21.6.